The average Bonchev–Trinajstić information content (AvgIpc) is 3.18. The molecule has 0 fully saturated rings. The first-order valence-electron chi connectivity index (χ1n) is 9.74. The van der Waals surface area contributed by atoms with Gasteiger partial charge in [0.25, 0.3) is 5.91 Å². The lowest BCUT2D eigenvalue weighted by atomic mass is 10.2. The van der Waals surface area contributed by atoms with Crippen LogP contribution in [0, 0.1) is 0 Å². The summed E-state index contributed by atoms with van der Waals surface area (Å²) in [4.78, 5) is 24.7. The molecule has 0 aliphatic heterocycles. The number of thioether (sulfide) groups is 1. The van der Waals surface area contributed by atoms with Crippen molar-refractivity contribution in [2.75, 3.05) is 11.1 Å². The van der Waals surface area contributed by atoms with Crippen LogP contribution in [0.2, 0.25) is 0 Å². The number of amides is 2. The van der Waals surface area contributed by atoms with Crippen molar-refractivity contribution in [3.8, 4) is 0 Å². The van der Waals surface area contributed by atoms with Gasteiger partial charge in [-0.05, 0) is 45.0 Å². The normalized spacial score (nSPS) is 11.9. The van der Waals surface area contributed by atoms with Crippen LogP contribution >= 0.6 is 11.8 Å². The second-order valence-electron chi connectivity index (χ2n) is 7.07. The monoisotopic (exact) mass is 423 g/mol. The Morgan fingerprint density at radius 2 is 1.60 bits per heavy atom. The molecule has 0 saturated carbocycles. The van der Waals surface area contributed by atoms with Gasteiger partial charge in [-0.2, -0.15) is 0 Å². The molecule has 1 heterocycles. The molecule has 0 aliphatic rings. The third kappa shape index (κ3) is 5.48. The number of rotatable bonds is 8. The van der Waals surface area contributed by atoms with Crippen molar-refractivity contribution in [3.05, 3.63) is 72.1 Å². The minimum atomic E-state index is -0.333. The summed E-state index contributed by atoms with van der Waals surface area (Å²) in [6, 6.07) is 18.1. The Morgan fingerprint density at radius 3 is 2.23 bits per heavy atom. The number of carbonyl (C=O) groups is 2. The van der Waals surface area contributed by atoms with Gasteiger partial charge in [-0.25, -0.2) is 0 Å². The number of benzene rings is 2. The summed E-state index contributed by atoms with van der Waals surface area (Å²) >= 11 is 1.32. The molecule has 2 N–H and O–H groups in total. The molecule has 1 atom stereocenters. The summed E-state index contributed by atoms with van der Waals surface area (Å²) in [5.41, 5.74) is 1.35. The highest BCUT2D eigenvalue weighted by Gasteiger charge is 2.22. The molecule has 2 aromatic carbocycles. The Balaban J connectivity index is 1.67. The van der Waals surface area contributed by atoms with Crippen LogP contribution in [0.15, 0.2) is 65.8 Å². The molecule has 1 aromatic heterocycles. The van der Waals surface area contributed by atoms with Crippen LogP contribution in [-0.4, -0.2) is 32.3 Å². The lowest BCUT2D eigenvalue weighted by molar-refractivity contribution is -0.113. The Labute approximate surface area is 180 Å². The van der Waals surface area contributed by atoms with E-state index in [0.29, 0.717) is 16.5 Å². The summed E-state index contributed by atoms with van der Waals surface area (Å²) in [6.07, 6.45) is 0. The van der Waals surface area contributed by atoms with Gasteiger partial charge in [-0.3, -0.25) is 9.59 Å². The van der Waals surface area contributed by atoms with Crippen LogP contribution in [0.1, 0.15) is 49.0 Å². The third-order valence-electron chi connectivity index (χ3n) is 4.37. The van der Waals surface area contributed by atoms with E-state index >= 15 is 0 Å². The molecule has 2 amide bonds. The lowest BCUT2D eigenvalue weighted by Crippen LogP contribution is -2.29. The van der Waals surface area contributed by atoms with Gasteiger partial charge in [-0.15, -0.1) is 10.2 Å². The topological polar surface area (TPSA) is 88.9 Å². The van der Waals surface area contributed by atoms with Crippen molar-refractivity contribution in [1.82, 2.24) is 20.1 Å². The molecule has 3 aromatic rings. The first-order chi connectivity index (χ1) is 14.5. The summed E-state index contributed by atoms with van der Waals surface area (Å²) in [6.45, 7) is 5.92. The number of hydrogen-bond acceptors (Lipinski definition) is 5. The third-order valence-corrected chi connectivity index (χ3v) is 5.31. The molecule has 0 aliphatic carbocycles. The molecule has 156 valence electrons. The number of nitrogens with zero attached hydrogens (tertiary/aromatic N) is 3. The fourth-order valence-electron chi connectivity index (χ4n) is 2.95. The molecule has 3 rings (SSSR count). The zero-order valence-corrected chi connectivity index (χ0v) is 18.0. The SMILES string of the molecule is CC(C)n1c(SCC(=O)Nc2ccccc2)nnc1[C@H](C)NC(=O)c1ccccc1. The molecule has 0 bridgehead atoms. The van der Waals surface area contributed by atoms with E-state index in [2.05, 4.69) is 20.8 Å². The van der Waals surface area contributed by atoms with E-state index in [-0.39, 0.29) is 29.7 Å². The van der Waals surface area contributed by atoms with Crippen LogP contribution in [0.5, 0.6) is 0 Å². The molecule has 0 radical (unpaired) electrons. The van der Waals surface area contributed by atoms with E-state index in [1.54, 1.807) is 12.1 Å². The Bertz CT molecular complexity index is 989. The number of anilines is 1. The van der Waals surface area contributed by atoms with E-state index < -0.39 is 0 Å². The molecule has 8 heteroatoms. The van der Waals surface area contributed by atoms with Gasteiger partial charge < -0.3 is 15.2 Å². The zero-order valence-electron chi connectivity index (χ0n) is 17.2. The minimum absolute atomic E-state index is 0.0748. The highest BCUT2D eigenvalue weighted by atomic mass is 32.2. The van der Waals surface area contributed by atoms with E-state index in [9.17, 15) is 9.59 Å². The number of aromatic nitrogens is 3. The van der Waals surface area contributed by atoms with E-state index in [1.165, 1.54) is 11.8 Å². The highest BCUT2D eigenvalue weighted by Crippen LogP contribution is 2.25. The first-order valence-corrected chi connectivity index (χ1v) is 10.7. The lowest BCUT2D eigenvalue weighted by Gasteiger charge is -2.18. The smallest absolute Gasteiger partial charge is 0.251 e. The molecule has 0 saturated heterocycles. The Kier molecular flexibility index (Phi) is 7.24. The van der Waals surface area contributed by atoms with Crippen molar-refractivity contribution < 1.29 is 9.59 Å². The predicted octanol–water partition coefficient (Wildman–Crippen LogP) is 4.08. The van der Waals surface area contributed by atoms with Gasteiger partial charge in [0.2, 0.25) is 5.91 Å². The summed E-state index contributed by atoms with van der Waals surface area (Å²) in [5.74, 6) is 0.583. The van der Waals surface area contributed by atoms with Gasteiger partial charge in [0.05, 0.1) is 11.8 Å². The van der Waals surface area contributed by atoms with Crippen molar-refractivity contribution >= 4 is 29.3 Å². The maximum absolute atomic E-state index is 12.5. The Morgan fingerprint density at radius 1 is 0.967 bits per heavy atom. The van der Waals surface area contributed by atoms with Gasteiger partial charge >= 0.3 is 0 Å². The molecule has 0 unspecified atom stereocenters. The number of hydrogen-bond donors (Lipinski definition) is 2. The average molecular weight is 424 g/mol. The first kappa shape index (κ1) is 21.6. The van der Waals surface area contributed by atoms with Crippen molar-refractivity contribution in [2.45, 2.75) is 38.0 Å². The quantitative estimate of drug-likeness (QED) is 0.533. The maximum atomic E-state index is 12.5. The fraction of sp³-hybridized carbons (Fsp3) is 0.273. The van der Waals surface area contributed by atoms with Crippen molar-refractivity contribution in [1.29, 1.82) is 0 Å². The number of para-hydroxylation sites is 1. The van der Waals surface area contributed by atoms with E-state index in [1.807, 2.05) is 73.9 Å². The second kappa shape index (κ2) is 10.1. The highest BCUT2D eigenvalue weighted by molar-refractivity contribution is 7.99. The molecular formula is C22H25N5O2S. The largest absolute Gasteiger partial charge is 0.342 e. The van der Waals surface area contributed by atoms with Crippen LogP contribution < -0.4 is 10.6 Å². The van der Waals surface area contributed by atoms with Gasteiger partial charge in [-0.1, -0.05) is 48.2 Å². The van der Waals surface area contributed by atoms with Crippen LogP contribution in [0.3, 0.4) is 0 Å². The Hall–Kier alpha value is -3.13. The van der Waals surface area contributed by atoms with Crippen LogP contribution in [-0.2, 0) is 4.79 Å². The van der Waals surface area contributed by atoms with Crippen molar-refractivity contribution in [3.63, 3.8) is 0 Å². The molecule has 30 heavy (non-hydrogen) atoms. The summed E-state index contributed by atoms with van der Waals surface area (Å²) < 4.78 is 1.95. The van der Waals surface area contributed by atoms with Gasteiger partial charge in [0.15, 0.2) is 11.0 Å². The van der Waals surface area contributed by atoms with Crippen LogP contribution in [0.4, 0.5) is 5.69 Å². The van der Waals surface area contributed by atoms with Crippen molar-refractivity contribution in [2.24, 2.45) is 0 Å². The van der Waals surface area contributed by atoms with Crippen LogP contribution in [0.25, 0.3) is 0 Å². The standard InChI is InChI=1S/C22H25N5O2S/c1-15(2)27-20(16(3)23-21(29)17-10-6-4-7-11-17)25-26-22(27)30-14-19(28)24-18-12-8-5-9-13-18/h4-13,15-16H,14H2,1-3H3,(H,23,29)(H,24,28)/t16-/m0/s1. The second-order valence-corrected chi connectivity index (χ2v) is 8.01. The summed E-state index contributed by atoms with van der Waals surface area (Å²) in [7, 11) is 0. The number of carbonyl (C=O) groups excluding carboxylic acids is 2. The van der Waals surface area contributed by atoms with E-state index in [0.717, 1.165) is 5.69 Å². The zero-order chi connectivity index (χ0) is 21.5. The maximum Gasteiger partial charge on any atom is 0.251 e. The number of nitrogens with one attached hydrogen (secondary N) is 2. The molecule has 7 nitrogen and oxygen atoms in total. The van der Waals surface area contributed by atoms with E-state index in [4.69, 9.17) is 0 Å². The fourth-order valence-corrected chi connectivity index (χ4v) is 3.82. The molecule has 0 spiro atoms. The minimum Gasteiger partial charge on any atom is -0.342 e. The van der Waals surface area contributed by atoms with Gasteiger partial charge in [0.1, 0.15) is 0 Å². The molecular weight excluding hydrogens is 398 g/mol. The predicted molar refractivity (Wildman–Crippen MR) is 119 cm³/mol. The van der Waals surface area contributed by atoms with Gasteiger partial charge in [0, 0.05) is 17.3 Å². The summed E-state index contributed by atoms with van der Waals surface area (Å²) in [5, 5.41) is 15.0.